The van der Waals surface area contributed by atoms with Gasteiger partial charge in [-0.1, -0.05) is 6.07 Å². The summed E-state index contributed by atoms with van der Waals surface area (Å²) in [5.74, 6) is 0.582. The van der Waals surface area contributed by atoms with E-state index in [1.165, 1.54) is 24.5 Å². The van der Waals surface area contributed by atoms with E-state index in [0.717, 1.165) is 5.56 Å². The summed E-state index contributed by atoms with van der Waals surface area (Å²) in [6.45, 7) is 1.86. The molecule has 0 radical (unpaired) electrons. The predicted molar refractivity (Wildman–Crippen MR) is 54.2 cm³/mol. The van der Waals surface area contributed by atoms with Crippen LogP contribution in [0.5, 0.6) is 0 Å². The average molecular weight is 192 g/mol. The molecule has 1 aliphatic carbocycles. The fourth-order valence-corrected chi connectivity index (χ4v) is 1.73. The SMILES string of the molecule is Cc1c(C2CC2)ccc([N+](=O)[O-])c1N. The lowest BCUT2D eigenvalue weighted by molar-refractivity contribution is -0.383. The average Bonchev–Trinajstić information content (AvgIpc) is 2.92. The topological polar surface area (TPSA) is 69.2 Å². The van der Waals surface area contributed by atoms with Crippen LogP contribution in [0.4, 0.5) is 11.4 Å². The molecular formula is C10H12N2O2. The Morgan fingerprint density at radius 2 is 2.14 bits per heavy atom. The van der Waals surface area contributed by atoms with E-state index in [1.54, 1.807) is 0 Å². The van der Waals surface area contributed by atoms with Gasteiger partial charge >= 0.3 is 0 Å². The number of nitrogens with two attached hydrogens (primary N) is 1. The molecule has 0 bridgehead atoms. The van der Waals surface area contributed by atoms with Crippen molar-refractivity contribution in [2.24, 2.45) is 0 Å². The van der Waals surface area contributed by atoms with E-state index in [0.29, 0.717) is 11.6 Å². The molecule has 1 aromatic rings. The van der Waals surface area contributed by atoms with Crippen LogP contribution in [0.25, 0.3) is 0 Å². The Morgan fingerprint density at radius 3 is 2.64 bits per heavy atom. The van der Waals surface area contributed by atoms with Crippen molar-refractivity contribution < 1.29 is 4.92 Å². The highest BCUT2D eigenvalue weighted by Crippen LogP contribution is 2.44. The van der Waals surface area contributed by atoms with Gasteiger partial charge in [-0.25, -0.2) is 0 Å². The summed E-state index contributed by atoms with van der Waals surface area (Å²) >= 11 is 0. The quantitative estimate of drug-likeness (QED) is 0.444. The highest BCUT2D eigenvalue weighted by molar-refractivity contribution is 5.65. The van der Waals surface area contributed by atoms with Crippen LogP contribution in [0.15, 0.2) is 12.1 Å². The van der Waals surface area contributed by atoms with Gasteiger partial charge in [0.05, 0.1) is 4.92 Å². The minimum atomic E-state index is -0.432. The molecule has 0 amide bonds. The standard InChI is InChI=1S/C10H12N2O2/c1-6-8(7-2-3-7)4-5-9(10(6)11)12(13)14/h4-5,7H,2-3,11H2,1H3. The Hall–Kier alpha value is -1.58. The lowest BCUT2D eigenvalue weighted by atomic mass is 10.0. The van der Waals surface area contributed by atoms with Crippen LogP contribution in [0, 0.1) is 17.0 Å². The number of nitrogen functional groups attached to an aromatic ring is 1. The largest absolute Gasteiger partial charge is 0.393 e. The summed E-state index contributed by atoms with van der Waals surface area (Å²) in [5.41, 5.74) is 8.10. The Labute approximate surface area is 81.9 Å². The van der Waals surface area contributed by atoms with E-state index in [2.05, 4.69) is 0 Å². The van der Waals surface area contributed by atoms with Crippen LogP contribution in [-0.4, -0.2) is 4.92 Å². The number of nitro groups is 1. The molecule has 1 saturated carbocycles. The van der Waals surface area contributed by atoms with Gasteiger partial charge < -0.3 is 5.73 Å². The molecule has 0 spiro atoms. The van der Waals surface area contributed by atoms with Gasteiger partial charge in [0.1, 0.15) is 5.69 Å². The van der Waals surface area contributed by atoms with Crippen LogP contribution in [0.2, 0.25) is 0 Å². The molecule has 1 fully saturated rings. The molecule has 0 aromatic heterocycles. The van der Waals surface area contributed by atoms with E-state index in [4.69, 9.17) is 5.73 Å². The van der Waals surface area contributed by atoms with Crippen LogP contribution in [-0.2, 0) is 0 Å². The Kier molecular flexibility index (Phi) is 1.91. The maximum Gasteiger partial charge on any atom is 0.292 e. The van der Waals surface area contributed by atoms with Crippen molar-refractivity contribution in [3.63, 3.8) is 0 Å². The predicted octanol–water partition coefficient (Wildman–Crippen LogP) is 2.36. The van der Waals surface area contributed by atoms with E-state index >= 15 is 0 Å². The molecule has 2 rings (SSSR count). The first-order valence-corrected chi connectivity index (χ1v) is 4.64. The Morgan fingerprint density at radius 1 is 1.50 bits per heavy atom. The van der Waals surface area contributed by atoms with Crippen molar-refractivity contribution in [2.45, 2.75) is 25.7 Å². The molecule has 14 heavy (non-hydrogen) atoms. The second kappa shape index (κ2) is 2.97. The summed E-state index contributed by atoms with van der Waals surface area (Å²) in [5, 5.41) is 10.6. The zero-order valence-electron chi connectivity index (χ0n) is 7.99. The van der Waals surface area contributed by atoms with Crippen LogP contribution in [0.1, 0.15) is 29.9 Å². The van der Waals surface area contributed by atoms with Gasteiger partial charge in [-0.15, -0.1) is 0 Å². The number of benzene rings is 1. The smallest absolute Gasteiger partial charge is 0.292 e. The normalized spacial score (nSPS) is 15.5. The molecule has 74 valence electrons. The van der Waals surface area contributed by atoms with Crippen molar-refractivity contribution in [3.05, 3.63) is 33.4 Å². The fraction of sp³-hybridized carbons (Fsp3) is 0.400. The van der Waals surface area contributed by atoms with Crippen molar-refractivity contribution in [1.29, 1.82) is 0 Å². The molecule has 1 aromatic carbocycles. The number of rotatable bonds is 2. The zero-order chi connectivity index (χ0) is 10.3. The maximum absolute atomic E-state index is 10.6. The van der Waals surface area contributed by atoms with Gasteiger partial charge in [-0.3, -0.25) is 10.1 Å². The number of nitrogens with zero attached hydrogens (tertiary/aromatic N) is 1. The van der Waals surface area contributed by atoms with E-state index in [1.807, 2.05) is 13.0 Å². The number of nitro benzene ring substituents is 1. The number of hydrogen-bond acceptors (Lipinski definition) is 3. The number of anilines is 1. The highest BCUT2D eigenvalue weighted by Gasteiger charge is 2.27. The molecule has 4 heteroatoms. The Balaban J connectivity index is 2.50. The summed E-state index contributed by atoms with van der Waals surface area (Å²) in [6.07, 6.45) is 2.36. The zero-order valence-corrected chi connectivity index (χ0v) is 7.99. The van der Waals surface area contributed by atoms with Gasteiger partial charge in [0.2, 0.25) is 0 Å². The second-order valence-electron chi connectivity index (χ2n) is 3.74. The fourth-order valence-electron chi connectivity index (χ4n) is 1.73. The third-order valence-electron chi connectivity index (χ3n) is 2.75. The molecule has 0 heterocycles. The van der Waals surface area contributed by atoms with Crippen molar-refractivity contribution in [2.75, 3.05) is 5.73 Å². The van der Waals surface area contributed by atoms with Gasteiger partial charge in [0, 0.05) is 6.07 Å². The van der Waals surface area contributed by atoms with E-state index < -0.39 is 4.92 Å². The van der Waals surface area contributed by atoms with Gasteiger partial charge in [0.15, 0.2) is 0 Å². The van der Waals surface area contributed by atoms with Crippen LogP contribution >= 0.6 is 0 Å². The lowest BCUT2D eigenvalue weighted by Gasteiger charge is -2.07. The molecular weight excluding hydrogens is 180 g/mol. The highest BCUT2D eigenvalue weighted by atomic mass is 16.6. The first-order chi connectivity index (χ1) is 6.61. The summed E-state index contributed by atoms with van der Waals surface area (Å²) in [7, 11) is 0. The van der Waals surface area contributed by atoms with Crippen LogP contribution < -0.4 is 5.73 Å². The van der Waals surface area contributed by atoms with Gasteiger partial charge in [-0.2, -0.15) is 0 Å². The van der Waals surface area contributed by atoms with Gasteiger partial charge in [0.25, 0.3) is 5.69 Å². The molecule has 0 atom stereocenters. The summed E-state index contributed by atoms with van der Waals surface area (Å²) < 4.78 is 0. The molecule has 0 aliphatic heterocycles. The van der Waals surface area contributed by atoms with Crippen LogP contribution in [0.3, 0.4) is 0 Å². The van der Waals surface area contributed by atoms with E-state index in [9.17, 15) is 10.1 Å². The van der Waals surface area contributed by atoms with Crippen molar-refractivity contribution in [1.82, 2.24) is 0 Å². The summed E-state index contributed by atoms with van der Waals surface area (Å²) in [6, 6.07) is 3.34. The molecule has 2 N–H and O–H groups in total. The number of hydrogen-bond donors (Lipinski definition) is 1. The third-order valence-corrected chi connectivity index (χ3v) is 2.75. The van der Waals surface area contributed by atoms with Crippen molar-refractivity contribution >= 4 is 11.4 Å². The lowest BCUT2D eigenvalue weighted by Crippen LogP contribution is -2.00. The molecule has 1 aliphatic rings. The first kappa shape index (κ1) is 8.99. The third kappa shape index (κ3) is 1.32. The minimum absolute atomic E-state index is 0.0203. The minimum Gasteiger partial charge on any atom is -0.393 e. The monoisotopic (exact) mass is 192 g/mol. The first-order valence-electron chi connectivity index (χ1n) is 4.64. The van der Waals surface area contributed by atoms with Gasteiger partial charge in [-0.05, 0) is 36.8 Å². The molecule has 0 unspecified atom stereocenters. The second-order valence-corrected chi connectivity index (χ2v) is 3.74. The van der Waals surface area contributed by atoms with Crippen molar-refractivity contribution in [3.8, 4) is 0 Å². The Bertz CT molecular complexity index is 397. The molecule has 4 nitrogen and oxygen atoms in total. The molecule has 0 saturated heterocycles. The summed E-state index contributed by atoms with van der Waals surface area (Å²) in [4.78, 5) is 10.2. The maximum atomic E-state index is 10.6. The van der Waals surface area contributed by atoms with E-state index in [-0.39, 0.29) is 5.69 Å².